The van der Waals surface area contributed by atoms with Crippen LogP contribution < -0.4 is 9.80 Å². The SMILES string of the molecule is Cc1ccc2c(c1)C1(c3cc(C)ccc3N2c2ccccc2)c2ccccc2C2(c3ccccc3N(c3ccc(-c4ccc(C#N)cn4)cc3)c3ccccc32)c2ccccc21. The first-order valence-electron chi connectivity index (χ1n) is 21.3. The molecule has 62 heavy (non-hydrogen) atoms. The van der Waals surface area contributed by atoms with Crippen LogP contribution in [-0.4, -0.2) is 4.98 Å². The van der Waals surface area contributed by atoms with Gasteiger partial charge in [-0.3, -0.25) is 4.98 Å². The molecule has 4 nitrogen and oxygen atoms in total. The van der Waals surface area contributed by atoms with Gasteiger partial charge in [0.25, 0.3) is 0 Å². The van der Waals surface area contributed by atoms with Crippen LogP contribution in [0.2, 0.25) is 0 Å². The Morgan fingerprint density at radius 2 is 0.823 bits per heavy atom. The molecule has 292 valence electrons. The van der Waals surface area contributed by atoms with Crippen molar-refractivity contribution >= 4 is 34.1 Å². The minimum Gasteiger partial charge on any atom is -0.310 e. The number of hydrogen-bond acceptors (Lipinski definition) is 4. The van der Waals surface area contributed by atoms with E-state index in [0.717, 1.165) is 34.0 Å². The number of benzene rings is 8. The highest BCUT2D eigenvalue weighted by Gasteiger charge is 2.59. The number of rotatable bonds is 3. The molecule has 2 spiro atoms. The van der Waals surface area contributed by atoms with E-state index in [-0.39, 0.29) is 0 Å². The lowest BCUT2D eigenvalue weighted by atomic mass is 9.49. The van der Waals surface area contributed by atoms with Gasteiger partial charge < -0.3 is 9.80 Å². The Labute approximate surface area is 362 Å². The molecule has 0 N–H and O–H groups in total. The van der Waals surface area contributed by atoms with Crippen LogP contribution in [0.3, 0.4) is 0 Å². The zero-order valence-corrected chi connectivity index (χ0v) is 34.4. The van der Waals surface area contributed by atoms with Crippen molar-refractivity contribution in [3.8, 4) is 17.3 Å². The van der Waals surface area contributed by atoms with Crippen molar-refractivity contribution in [2.24, 2.45) is 0 Å². The molecular formula is C58H40N4. The summed E-state index contributed by atoms with van der Waals surface area (Å²) in [5.74, 6) is 0. The van der Waals surface area contributed by atoms with Gasteiger partial charge in [-0.1, -0.05) is 151 Å². The average molecular weight is 793 g/mol. The summed E-state index contributed by atoms with van der Waals surface area (Å²) in [6, 6.07) is 76.1. The number of aromatic nitrogens is 1. The van der Waals surface area contributed by atoms with E-state index >= 15 is 0 Å². The second-order valence-corrected chi connectivity index (χ2v) is 16.8. The van der Waals surface area contributed by atoms with Gasteiger partial charge in [0.1, 0.15) is 6.07 Å². The molecule has 3 heterocycles. The van der Waals surface area contributed by atoms with Crippen molar-refractivity contribution in [3.63, 3.8) is 0 Å². The van der Waals surface area contributed by atoms with Gasteiger partial charge in [-0.25, -0.2) is 0 Å². The number of nitriles is 1. The molecule has 8 aromatic carbocycles. The fraction of sp³-hybridized carbons (Fsp3) is 0.0690. The number of anilines is 6. The van der Waals surface area contributed by atoms with E-state index in [2.05, 4.69) is 223 Å². The minimum atomic E-state index is -0.654. The molecule has 3 aliphatic rings. The minimum absolute atomic E-state index is 0.550. The number of hydrogen-bond donors (Lipinski definition) is 0. The predicted octanol–water partition coefficient (Wildman–Crippen LogP) is 13.9. The molecule has 0 saturated heterocycles. The van der Waals surface area contributed by atoms with Gasteiger partial charge in [0, 0.05) is 23.1 Å². The number of pyridine rings is 1. The Kier molecular flexibility index (Phi) is 7.82. The van der Waals surface area contributed by atoms with Crippen LogP contribution in [0.5, 0.6) is 0 Å². The number of para-hydroxylation sites is 3. The van der Waals surface area contributed by atoms with Crippen LogP contribution in [-0.2, 0) is 10.8 Å². The first kappa shape index (κ1) is 35.9. The van der Waals surface area contributed by atoms with Crippen LogP contribution >= 0.6 is 0 Å². The van der Waals surface area contributed by atoms with Crippen molar-refractivity contribution in [2.45, 2.75) is 24.7 Å². The van der Waals surface area contributed by atoms with Crippen LogP contribution in [0.15, 0.2) is 206 Å². The predicted molar refractivity (Wildman–Crippen MR) is 251 cm³/mol. The summed E-state index contributed by atoms with van der Waals surface area (Å²) in [5, 5.41) is 9.36. The first-order valence-corrected chi connectivity index (χ1v) is 21.3. The molecule has 12 rings (SSSR count). The highest BCUT2D eigenvalue weighted by molar-refractivity contribution is 5.95. The highest BCUT2D eigenvalue weighted by atomic mass is 15.2. The Morgan fingerprint density at radius 1 is 0.403 bits per heavy atom. The van der Waals surface area contributed by atoms with Crippen LogP contribution in [0.1, 0.15) is 61.2 Å². The molecule has 0 saturated carbocycles. The molecule has 0 fully saturated rings. The normalized spacial score (nSPS) is 14.5. The summed E-state index contributed by atoms with van der Waals surface area (Å²) in [7, 11) is 0. The van der Waals surface area contributed by atoms with E-state index in [9.17, 15) is 5.26 Å². The van der Waals surface area contributed by atoms with E-state index in [4.69, 9.17) is 0 Å². The largest absolute Gasteiger partial charge is 0.310 e. The third kappa shape index (κ3) is 4.79. The van der Waals surface area contributed by atoms with Crippen LogP contribution in [0, 0.1) is 25.2 Å². The average Bonchev–Trinajstić information content (AvgIpc) is 3.33. The van der Waals surface area contributed by atoms with Crippen molar-refractivity contribution in [1.29, 1.82) is 5.26 Å². The zero-order valence-electron chi connectivity index (χ0n) is 34.4. The van der Waals surface area contributed by atoms with E-state index in [1.54, 1.807) is 6.20 Å². The van der Waals surface area contributed by atoms with Crippen LogP contribution in [0.25, 0.3) is 11.3 Å². The molecule has 0 radical (unpaired) electrons. The topological polar surface area (TPSA) is 43.2 Å². The lowest BCUT2D eigenvalue weighted by Gasteiger charge is -2.56. The first-order chi connectivity index (χ1) is 30.5. The van der Waals surface area contributed by atoms with Crippen LogP contribution in [0.4, 0.5) is 34.1 Å². The fourth-order valence-corrected chi connectivity index (χ4v) is 11.1. The molecule has 2 aliphatic heterocycles. The Bertz CT molecular complexity index is 3130. The van der Waals surface area contributed by atoms with Crippen molar-refractivity contribution < 1.29 is 0 Å². The van der Waals surface area contributed by atoms with E-state index in [1.165, 1.54) is 67.0 Å². The van der Waals surface area contributed by atoms with E-state index < -0.39 is 10.8 Å². The summed E-state index contributed by atoms with van der Waals surface area (Å²) in [5.41, 5.74) is 20.6. The summed E-state index contributed by atoms with van der Waals surface area (Å²) < 4.78 is 0. The summed E-state index contributed by atoms with van der Waals surface area (Å²) in [4.78, 5) is 9.48. The maximum absolute atomic E-state index is 9.36. The quantitative estimate of drug-likeness (QED) is 0.179. The van der Waals surface area contributed by atoms with E-state index in [1.807, 2.05) is 12.1 Å². The van der Waals surface area contributed by atoms with Crippen molar-refractivity contribution in [2.75, 3.05) is 9.80 Å². The summed E-state index contributed by atoms with van der Waals surface area (Å²) >= 11 is 0. The summed E-state index contributed by atoms with van der Waals surface area (Å²) in [6.45, 7) is 4.45. The number of fused-ring (bicyclic) bond motifs is 14. The van der Waals surface area contributed by atoms with Gasteiger partial charge in [0.05, 0.1) is 44.8 Å². The Morgan fingerprint density at radius 3 is 1.29 bits per heavy atom. The van der Waals surface area contributed by atoms with Crippen molar-refractivity contribution in [1.82, 2.24) is 4.98 Å². The van der Waals surface area contributed by atoms with Crippen molar-refractivity contribution in [3.05, 3.63) is 268 Å². The molecule has 0 atom stereocenters. The standard InChI is InChI=1S/C58H40N4/c1-38-24-32-55-50(34-38)58(51-35-39(2)25-33-56(51)61(55)42-14-4-3-5-15-42)46-18-8-6-16-44(46)57(45-17-7-9-19-47(45)58)48-20-10-12-22-53(48)62(54-23-13-11-21-49(54)57)43-29-27-41(28-30-43)52-31-26-40(36-59)37-60-52/h3-35,37H,1-2H3. The third-order valence-electron chi connectivity index (χ3n) is 13.5. The van der Waals surface area contributed by atoms with Gasteiger partial charge in [0.15, 0.2) is 0 Å². The molecule has 4 heteroatoms. The molecule has 1 aliphatic carbocycles. The molecular weight excluding hydrogens is 753 g/mol. The number of aryl methyl sites for hydroxylation is 2. The maximum atomic E-state index is 9.36. The smallest absolute Gasteiger partial charge is 0.101 e. The van der Waals surface area contributed by atoms with Gasteiger partial charge in [0.2, 0.25) is 0 Å². The van der Waals surface area contributed by atoms with Gasteiger partial charge in [-0.2, -0.15) is 5.26 Å². The monoisotopic (exact) mass is 792 g/mol. The number of nitrogens with zero attached hydrogens (tertiary/aromatic N) is 4. The van der Waals surface area contributed by atoms with Gasteiger partial charge >= 0.3 is 0 Å². The highest BCUT2D eigenvalue weighted by Crippen LogP contribution is 2.68. The Balaban J connectivity index is 1.15. The molecule has 0 amide bonds. The Hall–Kier alpha value is -8.00. The lowest BCUT2D eigenvalue weighted by molar-refractivity contribution is 0.607. The maximum Gasteiger partial charge on any atom is 0.101 e. The summed E-state index contributed by atoms with van der Waals surface area (Å²) in [6.07, 6.45) is 1.63. The molecule has 0 unspecified atom stereocenters. The van der Waals surface area contributed by atoms with Gasteiger partial charge in [-0.15, -0.1) is 0 Å². The zero-order chi connectivity index (χ0) is 41.6. The second kappa shape index (κ2) is 13.5. The third-order valence-corrected chi connectivity index (χ3v) is 13.5. The fourth-order valence-electron chi connectivity index (χ4n) is 11.1. The lowest BCUT2D eigenvalue weighted by Crippen LogP contribution is -2.49. The molecule has 1 aromatic heterocycles. The molecule has 9 aromatic rings. The second-order valence-electron chi connectivity index (χ2n) is 16.8. The van der Waals surface area contributed by atoms with Gasteiger partial charge in [-0.05, 0) is 119 Å². The van der Waals surface area contributed by atoms with E-state index in [0.29, 0.717) is 5.56 Å². The molecule has 0 bridgehead atoms.